The number of urea groups is 1. The lowest BCUT2D eigenvalue weighted by molar-refractivity contribution is 0.0963. The van der Waals surface area contributed by atoms with Crippen LogP contribution >= 0.6 is 0 Å². The lowest BCUT2D eigenvalue weighted by Crippen LogP contribution is -2.60. The molecule has 2 aromatic heterocycles. The number of halogens is 1. The van der Waals surface area contributed by atoms with Gasteiger partial charge in [0, 0.05) is 56.1 Å². The van der Waals surface area contributed by atoms with Crippen molar-refractivity contribution in [2.24, 2.45) is 31.8 Å². The van der Waals surface area contributed by atoms with Crippen molar-refractivity contribution in [2.75, 3.05) is 26.8 Å². The topological polar surface area (TPSA) is 148 Å². The molecule has 314 valence electrons. The number of aliphatic hydroxyl groups excluding tert-OH is 1. The molecule has 3 amide bonds. The van der Waals surface area contributed by atoms with E-state index in [-0.39, 0.29) is 47.3 Å². The summed E-state index contributed by atoms with van der Waals surface area (Å²) in [5.41, 5.74) is 4.28. The van der Waals surface area contributed by atoms with Crippen molar-refractivity contribution in [3.05, 3.63) is 102 Å². The number of methoxy groups -OCH3 is 1. The van der Waals surface area contributed by atoms with Gasteiger partial charge in [-0.2, -0.15) is 0 Å². The van der Waals surface area contributed by atoms with Gasteiger partial charge < -0.3 is 29.9 Å². The van der Waals surface area contributed by atoms with Crippen LogP contribution in [0.4, 0.5) is 9.18 Å². The highest BCUT2D eigenvalue weighted by Crippen LogP contribution is 2.49. The molecule has 3 aliphatic carbocycles. The summed E-state index contributed by atoms with van der Waals surface area (Å²) in [7, 11) is 4.49. The van der Waals surface area contributed by atoms with Gasteiger partial charge >= 0.3 is 11.7 Å². The molecule has 2 aromatic rings. The molecule has 4 aliphatic rings. The summed E-state index contributed by atoms with van der Waals surface area (Å²) in [5.74, 6) is -0.0621. The molecule has 1 aliphatic heterocycles. The number of fused-ring (bicyclic) bond motifs is 1. The molecule has 0 aromatic carbocycles. The average Bonchev–Trinajstić information content (AvgIpc) is 3.62. The molecule has 3 N–H and O–H groups in total. The van der Waals surface area contributed by atoms with E-state index in [4.69, 9.17) is 9.72 Å². The standard InChI is InChI=1S/C45H61FN6O6/c1-9-29(17-18-45(10-2)19-20-52(21-22-53)43(56)49-45)23-30-12-13-31-24-36(48-41(58-8)39(30)31)32-14-15-34(46)38(27(32)4)37-26(3)11-16-35(28(37)5)47-40(54)33-25-50(6)44(57)51(7)42(33)55/h14-16,24-27,29-30,32,53H,9-13,17-23H2,1-8H3,(H,47,54)(H,49,56)/t26?,27?,29?,30-,32?,45-/m1/s1. The van der Waals surface area contributed by atoms with E-state index in [1.165, 1.54) is 42.1 Å². The number of nitrogens with one attached hydrogen (secondary N) is 2. The number of β-amino-alcohol motifs (C(OH)–C–C–N with tert-alkyl or cyclic N) is 1. The Kier molecular flexibility index (Phi) is 13.0. The third kappa shape index (κ3) is 8.24. The molecule has 13 heteroatoms. The van der Waals surface area contributed by atoms with Crippen LogP contribution in [0.3, 0.4) is 0 Å². The minimum atomic E-state index is -0.688. The molecule has 0 saturated carbocycles. The second kappa shape index (κ2) is 17.6. The SMILES string of the molecule is CCC(CC[C@]1(CC)CCN(CCO)C(=O)N1)C[C@H]1CCc2cc(C3C=CC(F)=C(C4=C(C)C(NC(=O)c5cn(C)c(=O)n(C)c5=O)=CCC4C)C3C)nc(OC)c21. The summed E-state index contributed by atoms with van der Waals surface area (Å²) in [6, 6.07) is 2.11. The highest BCUT2D eigenvalue weighted by atomic mass is 19.1. The van der Waals surface area contributed by atoms with Crippen LogP contribution in [0, 0.1) is 17.8 Å². The van der Waals surface area contributed by atoms with E-state index in [2.05, 4.69) is 37.5 Å². The van der Waals surface area contributed by atoms with Crippen LogP contribution in [0.1, 0.15) is 125 Å². The number of hydrogen-bond donors (Lipinski definition) is 3. The first-order valence-electron chi connectivity index (χ1n) is 21.0. The van der Waals surface area contributed by atoms with Gasteiger partial charge in [0.1, 0.15) is 11.4 Å². The van der Waals surface area contributed by atoms with Gasteiger partial charge in [0.05, 0.1) is 19.4 Å². The quantitative estimate of drug-likeness (QED) is 0.199. The second-order valence-corrected chi connectivity index (χ2v) is 16.9. The Hall–Kier alpha value is -4.78. The van der Waals surface area contributed by atoms with E-state index < -0.39 is 17.2 Å². The molecule has 1 saturated heterocycles. The fraction of sp³-hybridized carbons (Fsp3) is 0.578. The summed E-state index contributed by atoms with van der Waals surface area (Å²) in [5, 5.41) is 15.5. The molecule has 6 rings (SSSR count). The third-order valence-corrected chi connectivity index (χ3v) is 13.5. The minimum Gasteiger partial charge on any atom is -0.481 e. The maximum atomic E-state index is 16.1. The van der Waals surface area contributed by atoms with Crippen molar-refractivity contribution < 1.29 is 23.8 Å². The van der Waals surface area contributed by atoms with Gasteiger partial charge in [-0.15, -0.1) is 0 Å². The van der Waals surface area contributed by atoms with Crippen LogP contribution < -0.4 is 26.6 Å². The number of ether oxygens (including phenoxy) is 1. The molecule has 0 bridgehead atoms. The van der Waals surface area contributed by atoms with E-state index in [1.54, 1.807) is 12.0 Å². The molecule has 0 radical (unpaired) electrons. The third-order valence-electron chi connectivity index (χ3n) is 13.5. The number of rotatable bonds is 14. The lowest BCUT2D eigenvalue weighted by Gasteiger charge is -2.43. The highest BCUT2D eigenvalue weighted by Gasteiger charge is 2.39. The van der Waals surface area contributed by atoms with Crippen molar-refractivity contribution in [1.82, 2.24) is 29.7 Å². The Morgan fingerprint density at radius 2 is 1.95 bits per heavy atom. The van der Waals surface area contributed by atoms with Gasteiger partial charge in [-0.3, -0.25) is 14.2 Å². The lowest BCUT2D eigenvalue weighted by atomic mass is 9.72. The number of amides is 3. The molecule has 6 atom stereocenters. The number of allylic oxidation sites excluding steroid dienone is 7. The van der Waals surface area contributed by atoms with Crippen LogP contribution in [0.2, 0.25) is 0 Å². The minimum absolute atomic E-state index is 0.0289. The Labute approximate surface area is 341 Å². The molecular weight excluding hydrogens is 740 g/mol. The zero-order valence-electron chi connectivity index (χ0n) is 35.4. The predicted octanol–water partition coefficient (Wildman–Crippen LogP) is 6.45. The maximum Gasteiger partial charge on any atom is 0.330 e. The molecule has 0 spiro atoms. The number of carbonyl (C=O) groups is 2. The number of aromatic nitrogens is 3. The predicted molar refractivity (Wildman–Crippen MR) is 222 cm³/mol. The van der Waals surface area contributed by atoms with Gasteiger partial charge in [0.2, 0.25) is 5.88 Å². The first-order valence-corrected chi connectivity index (χ1v) is 21.0. The zero-order chi connectivity index (χ0) is 42.1. The molecule has 4 unspecified atom stereocenters. The maximum absolute atomic E-state index is 16.1. The van der Waals surface area contributed by atoms with Crippen molar-refractivity contribution in [1.29, 1.82) is 0 Å². The molecule has 1 fully saturated rings. The Morgan fingerprint density at radius 1 is 1.19 bits per heavy atom. The van der Waals surface area contributed by atoms with Crippen LogP contribution in [-0.2, 0) is 20.5 Å². The second-order valence-electron chi connectivity index (χ2n) is 16.9. The van der Waals surface area contributed by atoms with Crippen LogP contribution in [0.5, 0.6) is 5.88 Å². The summed E-state index contributed by atoms with van der Waals surface area (Å²) in [6.45, 7) is 11.3. The van der Waals surface area contributed by atoms with E-state index in [1.807, 2.05) is 26.0 Å². The van der Waals surface area contributed by atoms with Gasteiger partial charge in [-0.25, -0.2) is 19.0 Å². The molecular formula is C45H61FN6O6. The number of nitrogens with zero attached hydrogens (tertiary/aromatic N) is 4. The van der Waals surface area contributed by atoms with Crippen molar-refractivity contribution in [3.8, 4) is 5.88 Å². The largest absolute Gasteiger partial charge is 0.481 e. The average molecular weight is 801 g/mol. The summed E-state index contributed by atoms with van der Waals surface area (Å²) >= 11 is 0. The van der Waals surface area contributed by atoms with E-state index >= 15 is 4.39 Å². The van der Waals surface area contributed by atoms with Crippen LogP contribution in [-0.4, -0.2) is 68.4 Å². The Morgan fingerprint density at radius 3 is 2.62 bits per heavy atom. The molecule has 58 heavy (non-hydrogen) atoms. The molecule has 3 heterocycles. The number of aliphatic hydroxyl groups is 1. The smallest absolute Gasteiger partial charge is 0.330 e. The van der Waals surface area contributed by atoms with Gasteiger partial charge in [0.15, 0.2) is 0 Å². The number of hydrogen-bond acceptors (Lipinski definition) is 7. The fourth-order valence-electron chi connectivity index (χ4n) is 9.85. The molecule has 12 nitrogen and oxygen atoms in total. The Balaban J connectivity index is 1.20. The van der Waals surface area contributed by atoms with Crippen molar-refractivity contribution >= 4 is 11.9 Å². The van der Waals surface area contributed by atoms with Crippen molar-refractivity contribution in [2.45, 2.75) is 110 Å². The van der Waals surface area contributed by atoms with E-state index in [9.17, 15) is 24.3 Å². The Bertz CT molecular complexity index is 2180. The van der Waals surface area contributed by atoms with E-state index in [0.717, 1.165) is 72.8 Å². The van der Waals surface area contributed by atoms with Gasteiger partial charge in [-0.1, -0.05) is 46.3 Å². The normalized spacial score (nSPS) is 25.1. The monoisotopic (exact) mass is 800 g/mol. The highest BCUT2D eigenvalue weighted by molar-refractivity contribution is 5.95. The first-order chi connectivity index (χ1) is 27.7. The number of pyridine rings is 1. The summed E-state index contributed by atoms with van der Waals surface area (Å²) < 4.78 is 24.2. The fourth-order valence-corrected chi connectivity index (χ4v) is 9.85. The van der Waals surface area contributed by atoms with Crippen molar-refractivity contribution in [3.63, 3.8) is 0 Å². The zero-order valence-corrected chi connectivity index (χ0v) is 35.4. The van der Waals surface area contributed by atoms with Crippen LogP contribution in [0.15, 0.2) is 68.3 Å². The summed E-state index contributed by atoms with van der Waals surface area (Å²) in [6.07, 6.45) is 14.8. The van der Waals surface area contributed by atoms with Gasteiger partial charge in [-0.05, 0) is 116 Å². The number of aryl methyl sites for hydroxylation is 2. The summed E-state index contributed by atoms with van der Waals surface area (Å²) in [4.78, 5) is 58.1. The number of carbonyl (C=O) groups excluding carboxylic acids is 2. The van der Waals surface area contributed by atoms with Crippen LogP contribution in [0.25, 0.3) is 0 Å². The first kappa shape index (κ1) is 42.8. The van der Waals surface area contributed by atoms with E-state index in [0.29, 0.717) is 48.5 Å². The van der Waals surface area contributed by atoms with Gasteiger partial charge in [0.25, 0.3) is 11.5 Å².